The van der Waals surface area contributed by atoms with Gasteiger partial charge in [-0.2, -0.15) is 0 Å². The standard InChI is InChI=1S/C15H14Cl2N2O5S/c1-23-13-6-4-10(8-14(13)24-2)25(21,22)19-18-15(20)11-7-9(16)3-5-12(11)17/h3-8,19H,1-2H3,(H,18,20). The van der Waals surface area contributed by atoms with Crippen molar-refractivity contribution < 1.29 is 22.7 Å². The molecule has 0 heterocycles. The Labute approximate surface area is 154 Å². The lowest BCUT2D eigenvalue weighted by atomic mass is 10.2. The SMILES string of the molecule is COc1ccc(S(=O)(=O)NNC(=O)c2cc(Cl)ccc2Cl)cc1OC. The molecule has 0 bridgehead atoms. The fourth-order valence-corrected chi connectivity index (χ4v) is 3.12. The minimum absolute atomic E-state index is 0.0316. The van der Waals surface area contributed by atoms with Crippen LogP contribution in [0.2, 0.25) is 10.0 Å². The summed E-state index contributed by atoms with van der Waals surface area (Å²) in [5, 5.41) is 0.421. The Bertz CT molecular complexity index is 903. The first-order valence-electron chi connectivity index (χ1n) is 6.77. The highest BCUT2D eigenvalue weighted by atomic mass is 35.5. The second kappa shape index (κ2) is 7.92. The van der Waals surface area contributed by atoms with E-state index in [1.54, 1.807) is 0 Å². The molecule has 1 amide bonds. The lowest BCUT2D eigenvalue weighted by Gasteiger charge is -2.12. The summed E-state index contributed by atoms with van der Waals surface area (Å²) in [7, 11) is -1.23. The first-order chi connectivity index (χ1) is 11.8. The second-order valence-corrected chi connectivity index (χ2v) is 7.23. The number of benzene rings is 2. The van der Waals surface area contributed by atoms with Gasteiger partial charge in [-0.15, -0.1) is 4.83 Å². The highest BCUT2D eigenvalue weighted by Crippen LogP contribution is 2.29. The van der Waals surface area contributed by atoms with Crippen LogP contribution in [0.5, 0.6) is 11.5 Å². The number of rotatable bonds is 6. The number of amides is 1. The Hall–Kier alpha value is -2.00. The van der Waals surface area contributed by atoms with Crippen molar-refractivity contribution in [1.29, 1.82) is 0 Å². The van der Waals surface area contributed by atoms with Gasteiger partial charge in [0.05, 0.1) is 29.7 Å². The van der Waals surface area contributed by atoms with Gasteiger partial charge >= 0.3 is 0 Å². The topological polar surface area (TPSA) is 93.7 Å². The lowest BCUT2D eigenvalue weighted by molar-refractivity contribution is 0.0945. The van der Waals surface area contributed by atoms with Gasteiger partial charge in [-0.25, -0.2) is 8.42 Å². The summed E-state index contributed by atoms with van der Waals surface area (Å²) in [5.74, 6) is -0.151. The molecular formula is C15H14Cl2N2O5S. The summed E-state index contributed by atoms with van der Waals surface area (Å²) >= 11 is 11.7. The third-order valence-electron chi connectivity index (χ3n) is 3.14. The van der Waals surface area contributed by atoms with Gasteiger partial charge in [0, 0.05) is 11.1 Å². The van der Waals surface area contributed by atoms with Gasteiger partial charge in [0.2, 0.25) is 0 Å². The maximum atomic E-state index is 12.3. The zero-order chi connectivity index (χ0) is 18.6. The van der Waals surface area contributed by atoms with Gasteiger partial charge in [0.15, 0.2) is 11.5 Å². The van der Waals surface area contributed by atoms with E-state index < -0.39 is 15.9 Å². The molecule has 0 atom stereocenters. The predicted octanol–water partition coefficient (Wildman–Crippen LogP) is 2.63. The van der Waals surface area contributed by atoms with Crippen LogP contribution < -0.4 is 19.7 Å². The molecule has 2 rings (SSSR count). The number of nitrogens with one attached hydrogen (secondary N) is 2. The van der Waals surface area contributed by atoms with E-state index >= 15 is 0 Å². The Morgan fingerprint density at radius 1 is 1.00 bits per heavy atom. The van der Waals surface area contributed by atoms with E-state index in [0.717, 1.165) is 0 Å². The Morgan fingerprint density at radius 3 is 2.32 bits per heavy atom. The van der Waals surface area contributed by atoms with Crippen molar-refractivity contribution in [3.8, 4) is 11.5 Å². The maximum absolute atomic E-state index is 12.3. The molecule has 0 aliphatic carbocycles. The van der Waals surface area contributed by atoms with Crippen LogP contribution >= 0.6 is 23.2 Å². The smallest absolute Gasteiger partial charge is 0.267 e. The van der Waals surface area contributed by atoms with Crippen molar-refractivity contribution in [1.82, 2.24) is 10.3 Å². The van der Waals surface area contributed by atoms with Crippen molar-refractivity contribution in [2.75, 3.05) is 14.2 Å². The molecule has 2 N–H and O–H groups in total. The number of methoxy groups -OCH3 is 2. The van der Waals surface area contributed by atoms with Gasteiger partial charge < -0.3 is 9.47 Å². The van der Waals surface area contributed by atoms with Crippen molar-refractivity contribution in [3.63, 3.8) is 0 Å². The number of hydrogen-bond acceptors (Lipinski definition) is 5. The summed E-state index contributed by atoms with van der Waals surface area (Å²) in [4.78, 5) is 14.0. The summed E-state index contributed by atoms with van der Waals surface area (Å²) in [6.45, 7) is 0. The molecule has 0 saturated heterocycles. The molecule has 2 aromatic carbocycles. The number of hydrazine groups is 1. The first kappa shape index (κ1) is 19.3. The van der Waals surface area contributed by atoms with Gasteiger partial charge in [-0.1, -0.05) is 23.2 Å². The van der Waals surface area contributed by atoms with Crippen molar-refractivity contribution >= 4 is 39.1 Å². The molecule has 2 aromatic rings. The summed E-state index contributed by atoms with van der Waals surface area (Å²) in [6, 6.07) is 8.27. The van der Waals surface area contributed by atoms with E-state index in [9.17, 15) is 13.2 Å². The van der Waals surface area contributed by atoms with Crippen LogP contribution in [0.3, 0.4) is 0 Å². The Balaban J connectivity index is 2.19. The van der Waals surface area contributed by atoms with Crippen LogP contribution in [0.15, 0.2) is 41.3 Å². The zero-order valence-electron chi connectivity index (χ0n) is 13.2. The van der Waals surface area contributed by atoms with Crippen LogP contribution in [0.25, 0.3) is 0 Å². The van der Waals surface area contributed by atoms with E-state index in [1.165, 1.54) is 50.6 Å². The largest absolute Gasteiger partial charge is 0.493 e. The van der Waals surface area contributed by atoms with Crippen molar-refractivity contribution in [3.05, 3.63) is 52.0 Å². The van der Waals surface area contributed by atoms with Crippen LogP contribution in [-0.4, -0.2) is 28.5 Å². The number of ether oxygens (including phenoxy) is 2. The van der Waals surface area contributed by atoms with Crippen LogP contribution in [0, 0.1) is 0 Å². The monoisotopic (exact) mass is 404 g/mol. The highest BCUT2D eigenvalue weighted by molar-refractivity contribution is 7.89. The number of halogens is 2. The van der Waals surface area contributed by atoms with E-state index in [1.807, 2.05) is 4.83 Å². The molecule has 0 saturated carbocycles. The Kier molecular flexibility index (Phi) is 6.12. The molecule has 25 heavy (non-hydrogen) atoms. The van der Waals surface area contributed by atoms with Crippen LogP contribution in [0.1, 0.15) is 10.4 Å². The highest BCUT2D eigenvalue weighted by Gasteiger charge is 2.19. The third kappa shape index (κ3) is 4.55. The molecule has 10 heteroatoms. The minimum atomic E-state index is -4.04. The van der Waals surface area contributed by atoms with Crippen molar-refractivity contribution in [2.45, 2.75) is 4.90 Å². The predicted molar refractivity (Wildman–Crippen MR) is 93.8 cm³/mol. The molecule has 0 aliphatic rings. The normalized spacial score (nSPS) is 11.0. The van der Waals surface area contributed by atoms with Crippen molar-refractivity contribution in [2.24, 2.45) is 0 Å². The summed E-state index contributed by atoms with van der Waals surface area (Å²) in [6.07, 6.45) is 0. The molecular weight excluding hydrogens is 391 g/mol. The molecule has 0 spiro atoms. The lowest BCUT2D eigenvalue weighted by Crippen LogP contribution is -2.41. The number of sulfonamides is 1. The average molecular weight is 405 g/mol. The zero-order valence-corrected chi connectivity index (χ0v) is 15.5. The van der Waals surface area contributed by atoms with E-state index in [2.05, 4.69) is 5.43 Å². The summed E-state index contributed by atoms with van der Waals surface area (Å²) < 4.78 is 34.7. The van der Waals surface area contributed by atoms with Gasteiger partial charge in [0.1, 0.15) is 0 Å². The molecule has 0 unspecified atom stereocenters. The Morgan fingerprint density at radius 2 is 1.68 bits per heavy atom. The average Bonchev–Trinajstić information content (AvgIpc) is 2.61. The number of carbonyl (C=O) groups is 1. The minimum Gasteiger partial charge on any atom is -0.493 e. The fourth-order valence-electron chi connectivity index (χ4n) is 1.89. The first-order valence-corrected chi connectivity index (χ1v) is 9.01. The van der Waals surface area contributed by atoms with Gasteiger partial charge in [-0.3, -0.25) is 10.2 Å². The molecule has 7 nitrogen and oxygen atoms in total. The van der Waals surface area contributed by atoms with E-state index in [4.69, 9.17) is 32.7 Å². The maximum Gasteiger partial charge on any atom is 0.267 e. The van der Waals surface area contributed by atoms with E-state index in [0.29, 0.717) is 5.75 Å². The fraction of sp³-hybridized carbons (Fsp3) is 0.133. The third-order valence-corrected chi connectivity index (χ3v) is 4.95. The van der Waals surface area contributed by atoms with E-state index in [-0.39, 0.29) is 26.3 Å². The summed E-state index contributed by atoms with van der Waals surface area (Å²) in [5.41, 5.74) is 2.11. The van der Waals surface area contributed by atoms with Crippen LogP contribution in [0.4, 0.5) is 0 Å². The second-order valence-electron chi connectivity index (χ2n) is 4.70. The molecule has 0 aromatic heterocycles. The van der Waals surface area contributed by atoms with Gasteiger partial charge in [-0.05, 0) is 30.3 Å². The number of carbonyl (C=O) groups excluding carboxylic acids is 1. The quantitative estimate of drug-likeness (QED) is 0.721. The van der Waals surface area contributed by atoms with Crippen LogP contribution in [-0.2, 0) is 10.0 Å². The number of hydrogen-bond donors (Lipinski definition) is 2. The molecule has 0 radical (unpaired) electrons. The molecule has 0 aliphatic heterocycles. The van der Waals surface area contributed by atoms with Gasteiger partial charge in [0.25, 0.3) is 15.9 Å². The molecule has 134 valence electrons. The molecule has 0 fully saturated rings.